The van der Waals surface area contributed by atoms with Crippen LogP contribution in [0.5, 0.6) is 0 Å². The molecule has 2 heterocycles. The first-order chi connectivity index (χ1) is 13.1. The van der Waals surface area contributed by atoms with Gasteiger partial charge < -0.3 is 5.73 Å². The van der Waals surface area contributed by atoms with Gasteiger partial charge in [-0.05, 0) is 41.1 Å². The molecule has 0 atom stereocenters. The number of carbonyl (C=O) groups is 2. The van der Waals surface area contributed by atoms with Crippen LogP contribution in [0.1, 0.15) is 19.3 Å². The summed E-state index contributed by atoms with van der Waals surface area (Å²) in [6.45, 7) is 0. The lowest BCUT2D eigenvalue weighted by atomic mass is 10.2. The highest BCUT2D eigenvalue weighted by molar-refractivity contribution is 5.89. The number of nitrogens with zero attached hydrogens (tertiary/aromatic N) is 7. The molecule has 0 radical (unpaired) electrons. The lowest BCUT2D eigenvalue weighted by Crippen LogP contribution is -2.46. The first-order valence-corrected chi connectivity index (χ1v) is 8.38. The highest BCUT2D eigenvalue weighted by Gasteiger charge is 2.24. The van der Waals surface area contributed by atoms with E-state index in [0.717, 1.165) is 0 Å². The van der Waals surface area contributed by atoms with E-state index in [9.17, 15) is 9.59 Å². The molecule has 0 aliphatic carbocycles. The molecule has 27 heavy (non-hydrogen) atoms. The molecule has 0 aliphatic rings. The molecule has 0 aliphatic heterocycles. The number of aromatic nitrogens is 6. The van der Waals surface area contributed by atoms with Crippen LogP contribution in [0, 0.1) is 0 Å². The van der Waals surface area contributed by atoms with Crippen LogP contribution < -0.4 is 10.9 Å². The monoisotopic (exact) mass is 364 g/mol. The van der Waals surface area contributed by atoms with Crippen LogP contribution >= 0.6 is 0 Å². The molecule has 0 fully saturated rings. The van der Waals surface area contributed by atoms with Gasteiger partial charge in [0.2, 0.25) is 5.91 Å². The smallest absolute Gasteiger partial charge is 0.264 e. The molecule has 2 N–H and O–H groups in total. The van der Waals surface area contributed by atoms with Crippen LogP contribution in [0.3, 0.4) is 0 Å². The third-order valence-corrected chi connectivity index (χ3v) is 4.06. The van der Waals surface area contributed by atoms with E-state index in [0.29, 0.717) is 28.5 Å². The van der Waals surface area contributed by atoms with Crippen molar-refractivity contribution in [2.45, 2.75) is 19.3 Å². The SMILES string of the molecule is NC(=O)CCCC(=O)N(n1nnc2ccccc21)n1nnc2ccccc21. The summed E-state index contributed by atoms with van der Waals surface area (Å²) in [5.41, 5.74) is 7.72. The Morgan fingerprint density at radius 2 is 1.37 bits per heavy atom. The van der Waals surface area contributed by atoms with E-state index in [2.05, 4.69) is 20.6 Å². The maximum absolute atomic E-state index is 13.0. The van der Waals surface area contributed by atoms with Gasteiger partial charge in [-0.25, -0.2) is 0 Å². The zero-order chi connectivity index (χ0) is 18.8. The number of hydrogen-bond acceptors (Lipinski definition) is 6. The van der Waals surface area contributed by atoms with Gasteiger partial charge in [0.15, 0.2) is 0 Å². The summed E-state index contributed by atoms with van der Waals surface area (Å²) in [5, 5.41) is 17.7. The Morgan fingerprint density at radius 3 is 1.89 bits per heavy atom. The Kier molecular flexibility index (Phi) is 4.21. The fraction of sp³-hybridized carbons (Fsp3) is 0.176. The summed E-state index contributed by atoms with van der Waals surface area (Å²) in [6.07, 6.45) is 0.533. The highest BCUT2D eigenvalue weighted by atomic mass is 16.2. The third kappa shape index (κ3) is 3.08. The summed E-state index contributed by atoms with van der Waals surface area (Å²) in [6, 6.07) is 14.5. The van der Waals surface area contributed by atoms with Crippen LogP contribution in [-0.4, -0.2) is 42.0 Å². The second kappa shape index (κ2) is 6.83. The Labute approximate surface area is 153 Å². The summed E-state index contributed by atoms with van der Waals surface area (Å²) < 4.78 is 0. The van der Waals surface area contributed by atoms with Gasteiger partial charge in [0, 0.05) is 12.8 Å². The van der Waals surface area contributed by atoms with Gasteiger partial charge in [-0.1, -0.05) is 24.3 Å². The Balaban J connectivity index is 1.80. The molecule has 136 valence electrons. The zero-order valence-electron chi connectivity index (χ0n) is 14.3. The van der Waals surface area contributed by atoms with Crippen molar-refractivity contribution in [2.24, 2.45) is 5.73 Å². The van der Waals surface area contributed by atoms with Crippen molar-refractivity contribution in [1.82, 2.24) is 30.2 Å². The molecule has 0 saturated carbocycles. The zero-order valence-corrected chi connectivity index (χ0v) is 14.3. The number of rotatable bonds is 6. The van der Waals surface area contributed by atoms with E-state index in [-0.39, 0.29) is 18.7 Å². The number of hydrogen-bond donors (Lipinski definition) is 1. The number of amides is 2. The van der Waals surface area contributed by atoms with E-state index in [4.69, 9.17) is 5.73 Å². The molecule has 10 heteroatoms. The number of nitrogens with two attached hydrogens (primary N) is 1. The summed E-state index contributed by atoms with van der Waals surface area (Å²) in [5.74, 6) is -0.769. The number of para-hydroxylation sites is 2. The second-order valence-electron chi connectivity index (χ2n) is 5.94. The van der Waals surface area contributed by atoms with E-state index in [1.54, 1.807) is 24.3 Å². The minimum absolute atomic E-state index is 0.0886. The molecule has 0 unspecified atom stereocenters. The van der Waals surface area contributed by atoms with Crippen LogP contribution in [0.15, 0.2) is 48.5 Å². The normalized spacial score (nSPS) is 11.1. The van der Waals surface area contributed by atoms with E-state index in [1.165, 1.54) is 14.7 Å². The first-order valence-electron chi connectivity index (χ1n) is 8.38. The molecular weight excluding hydrogens is 348 g/mol. The fourth-order valence-corrected chi connectivity index (χ4v) is 2.80. The summed E-state index contributed by atoms with van der Waals surface area (Å²) in [4.78, 5) is 26.8. The minimum atomic E-state index is -0.452. The van der Waals surface area contributed by atoms with Crippen molar-refractivity contribution in [2.75, 3.05) is 5.12 Å². The number of fused-ring (bicyclic) bond motifs is 2. The topological polar surface area (TPSA) is 125 Å². The van der Waals surface area contributed by atoms with Gasteiger partial charge in [0.1, 0.15) is 22.1 Å². The lowest BCUT2D eigenvalue weighted by molar-refractivity contribution is -0.121. The fourth-order valence-electron chi connectivity index (χ4n) is 2.80. The Hall–Kier alpha value is -3.82. The van der Waals surface area contributed by atoms with Crippen molar-refractivity contribution in [3.8, 4) is 0 Å². The number of benzene rings is 2. The molecule has 2 aromatic carbocycles. The maximum Gasteiger partial charge on any atom is 0.264 e. The Morgan fingerprint density at radius 1 is 0.852 bits per heavy atom. The highest BCUT2D eigenvalue weighted by Crippen LogP contribution is 2.16. The molecule has 4 rings (SSSR count). The molecule has 0 bridgehead atoms. The average molecular weight is 364 g/mol. The molecule has 10 nitrogen and oxygen atoms in total. The quantitative estimate of drug-likeness (QED) is 0.538. The van der Waals surface area contributed by atoms with E-state index >= 15 is 0 Å². The average Bonchev–Trinajstić information content (AvgIpc) is 3.27. The molecule has 0 saturated heterocycles. The van der Waals surface area contributed by atoms with E-state index < -0.39 is 5.91 Å². The summed E-state index contributed by atoms with van der Waals surface area (Å²) >= 11 is 0. The molecular formula is C17H16N8O2. The lowest BCUT2D eigenvalue weighted by Gasteiger charge is -2.21. The van der Waals surface area contributed by atoms with Gasteiger partial charge in [-0.3, -0.25) is 9.59 Å². The van der Waals surface area contributed by atoms with Gasteiger partial charge in [-0.2, -0.15) is 0 Å². The first kappa shape index (κ1) is 16.6. The Bertz CT molecular complexity index is 1060. The molecule has 4 aromatic rings. The van der Waals surface area contributed by atoms with Gasteiger partial charge in [-0.15, -0.1) is 24.9 Å². The van der Waals surface area contributed by atoms with Crippen LogP contribution in [0.4, 0.5) is 0 Å². The second-order valence-corrected chi connectivity index (χ2v) is 5.94. The van der Waals surface area contributed by atoms with Gasteiger partial charge in [0.25, 0.3) is 5.91 Å². The van der Waals surface area contributed by atoms with Crippen LogP contribution in [-0.2, 0) is 9.59 Å². The standard InChI is InChI=1S/C17H16N8O2/c18-16(26)10-5-11-17(27)25(23-14-8-3-1-6-12(14)19-21-23)24-15-9-4-2-7-13(15)20-22-24/h1-4,6-9H,5,10-11H2,(H2,18,26). The van der Waals surface area contributed by atoms with E-state index in [1.807, 2.05) is 24.3 Å². The predicted octanol–water partition coefficient (Wildman–Crippen LogP) is 0.759. The number of primary amides is 1. The van der Waals surface area contributed by atoms with Crippen molar-refractivity contribution in [3.63, 3.8) is 0 Å². The van der Waals surface area contributed by atoms with Crippen molar-refractivity contribution in [3.05, 3.63) is 48.5 Å². The van der Waals surface area contributed by atoms with Gasteiger partial charge >= 0.3 is 0 Å². The summed E-state index contributed by atoms with van der Waals surface area (Å²) in [7, 11) is 0. The molecule has 0 spiro atoms. The third-order valence-electron chi connectivity index (χ3n) is 4.06. The number of carbonyl (C=O) groups excluding carboxylic acids is 2. The molecule has 2 aromatic heterocycles. The largest absolute Gasteiger partial charge is 0.370 e. The molecule has 2 amide bonds. The van der Waals surface area contributed by atoms with Crippen LogP contribution in [0.2, 0.25) is 0 Å². The van der Waals surface area contributed by atoms with Crippen molar-refractivity contribution in [1.29, 1.82) is 0 Å². The van der Waals surface area contributed by atoms with Crippen LogP contribution in [0.25, 0.3) is 22.1 Å². The van der Waals surface area contributed by atoms with Crippen molar-refractivity contribution >= 4 is 33.9 Å². The van der Waals surface area contributed by atoms with Crippen molar-refractivity contribution < 1.29 is 9.59 Å². The minimum Gasteiger partial charge on any atom is -0.370 e. The maximum atomic E-state index is 13.0. The predicted molar refractivity (Wildman–Crippen MR) is 96.7 cm³/mol. The van der Waals surface area contributed by atoms with Gasteiger partial charge in [0.05, 0.1) is 0 Å².